The predicted molar refractivity (Wildman–Crippen MR) is 86.0 cm³/mol. The highest BCUT2D eigenvalue weighted by atomic mass is 19.1. The van der Waals surface area contributed by atoms with Gasteiger partial charge in [0.15, 0.2) is 11.5 Å². The molecule has 0 N–H and O–H groups in total. The lowest BCUT2D eigenvalue weighted by molar-refractivity contribution is 0.0678. The number of halogens is 1. The van der Waals surface area contributed by atoms with Crippen LogP contribution in [0, 0.1) is 5.82 Å². The molecule has 120 valence electrons. The summed E-state index contributed by atoms with van der Waals surface area (Å²) < 4.78 is 24.4. The molecule has 0 bridgehead atoms. The van der Waals surface area contributed by atoms with Crippen LogP contribution >= 0.6 is 0 Å². The van der Waals surface area contributed by atoms with Gasteiger partial charge >= 0.3 is 0 Å². The fourth-order valence-electron chi connectivity index (χ4n) is 3.38. The quantitative estimate of drug-likeness (QED) is 0.855. The zero-order chi connectivity index (χ0) is 15.8. The molecule has 3 nitrogen and oxygen atoms in total. The van der Waals surface area contributed by atoms with E-state index in [0.717, 1.165) is 49.5 Å². The van der Waals surface area contributed by atoms with Crippen LogP contribution in [0.2, 0.25) is 0 Å². The molecule has 4 heteroatoms. The number of aryl methyl sites for hydroxylation is 1. The third kappa shape index (κ3) is 3.04. The van der Waals surface area contributed by atoms with E-state index in [2.05, 4.69) is 17.0 Å². The van der Waals surface area contributed by atoms with Gasteiger partial charge in [-0.05, 0) is 60.3 Å². The maximum Gasteiger partial charge on any atom is 0.238 e. The molecule has 0 amide bonds. The van der Waals surface area contributed by atoms with Gasteiger partial charge in [0.05, 0.1) is 0 Å². The molecule has 0 aromatic heterocycles. The molecule has 1 atom stereocenters. The normalized spacial score (nSPS) is 19.1. The van der Waals surface area contributed by atoms with E-state index < -0.39 is 0 Å². The highest BCUT2D eigenvalue weighted by Gasteiger charge is 2.21. The zero-order valence-electron chi connectivity index (χ0n) is 13.2. The lowest BCUT2D eigenvalue weighted by atomic mass is 10.1. The van der Waals surface area contributed by atoms with Crippen LogP contribution in [0.5, 0.6) is 11.5 Å². The summed E-state index contributed by atoms with van der Waals surface area (Å²) in [4.78, 5) is 2.37. The maximum atomic E-state index is 13.3. The van der Waals surface area contributed by atoms with Gasteiger partial charge in [-0.15, -0.1) is 0 Å². The Morgan fingerprint density at radius 2 is 1.87 bits per heavy atom. The molecular weight excluding hydrogens is 293 g/mol. The van der Waals surface area contributed by atoms with Crippen molar-refractivity contribution in [1.29, 1.82) is 0 Å². The molecule has 2 aromatic rings. The van der Waals surface area contributed by atoms with E-state index in [9.17, 15) is 4.39 Å². The highest BCUT2D eigenvalue weighted by Crippen LogP contribution is 2.35. The van der Waals surface area contributed by atoms with Gasteiger partial charge in [0.2, 0.25) is 6.29 Å². The Labute approximate surface area is 135 Å². The highest BCUT2D eigenvalue weighted by molar-refractivity contribution is 5.45. The summed E-state index contributed by atoms with van der Waals surface area (Å²) in [6.45, 7) is 4.69. The Morgan fingerprint density at radius 3 is 2.78 bits per heavy atom. The minimum absolute atomic E-state index is 0.139. The van der Waals surface area contributed by atoms with Gasteiger partial charge < -0.3 is 9.47 Å². The Kier molecular flexibility index (Phi) is 3.69. The van der Waals surface area contributed by atoms with Crippen LogP contribution in [0.1, 0.15) is 30.0 Å². The summed E-state index contributed by atoms with van der Waals surface area (Å²) in [6, 6.07) is 11.3. The van der Waals surface area contributed by atoms with Crippen LogP contribution in [-0.2, 0) is 19.5 Å². The van der Waals surface area contributed by atoms with Crippen molar-refractivity contribution >= 4 is 0 Å². The third-order valence-corrected chi connectivity index (χ3v) is 4.49. The van der Waals surface area contributed by atoms with Crippen molar-refractivity contribution in [3.8, 4) is 11.5 Å². The van der Waals surface area contributed by atoms with E-state index >= 15 is 0 Å². The summed E-state index contributed by atoms with van der Waals surface area (Å²) in [5.74, 6) is 1.54. The summed E-state index contributed by atoms with van der Waals surface area (Å²) >= 11 is 0. The van der Waals surface area contributed by atoms with Gasteiger partial charge in [-0.2, -0.15) is 0 Å². The van der Waals surface area contributed by atoms with Gasteiger partial charge in [-0.3, -0.25) is 4.90 Å². The second-order valence-corrected chi connectivity index (χ2v) is 6.31. The maximum absolute atomic E-state index is 13.3. The van der Waals surface area contributed by atoms with Crippen molar-refractivity contribution in [2.45, 2.75) is 39.1 Å². The van der Waals surface area contributed by atoms with E-state index in [1.54, 1.807) is 12.1 Å². The molecule has 2 aromatic carbocycles. The third-order valence-electron chi connectivity index (χ3n) is 4.49. The van der Waals surface area contributed by atoms with Crippen LogP contribution in [0.3, 0.4) is 0 Å². The second-order valence-electron chi connectivity index (χ2n) is 6.31. The molecule has 23 heavy (non-hydrogen) atoms. The van der Waals surface area contributed by atoms with E-state index in [1.165, 1.54) is 11.1 Å². The second kappa shape index (κ2) is 5.85. The van der Waals surface area contributed by atoms with Crippen LogP contribution in [0.4, 0.5) is 4.39 Å². The molecule has 2 heterocycles. The molecule has 1 unspecified atom stereocenters. The smallest absolute Gasteiger partial charge is 0.238 e. The van der Waals surface area contributed by atoms with E-state index in [1.807, 2.05) is 19.1 Å². The minimum Gasteiger partial charge on any atom is -0.451 e. The number of hydrogen-bond donors (Lipinski definition) is 0. The first-order chi connectivity index (χ1) is 11.2. The molecule has 0 saturated carbocycles. The summed E-state index contributed by atoms with van der Waals surface area (Å²) in [5.41, 5.74) is 3.65. The van der Waals surface area contributed by atoms with Crippen molar-refractivity contribution < 1.29 is 13.9 Å². The van der Waals surface area contributed by atoms with Crippen LogP contribution in [0.15, 0.2) is 36.4 Å². The molecule has 0 fully saturated rings. The molecule has 0 aliphatic carbocycles. The standard InChI is InChI=1S/C19H20FNO2/c1-13-22-18-7-4-14(9-19(18)23-13)3-2-8-21-11-15-5-6-17(20)10-16(15)12-21/h4-7,9-10,13H,2-3,8,11-12H2,1H3. The molecule has 0 radical (unpaired) electrons. The van der Waals surface area contributed by atoms with Gasteiger partial charge in [0, 0.05) is 20.0 Å². The number of nitrogens with zero attached hydrogens (tertiary/aromatic N) is 1. The zero-order valence-corrected chi connectivity index (χ0v) is 13.2. The number of ether oxygens (including phenoxy) is 2. The van der Waals surface area contributed by atoms with Crippen LogP contribution in [-0.4, -0.2) is 17.7 Å². The average Bonchev–Trinajstić information content (AvgIpc) is 3.08. The number of hydrogen-bond acceptors (Lipinski definition) is 3. The first-order valence-corrected chi connectivity index (χ1v) is 8.13. The van der Waals surface area contributed by atoms with Gasteiger partial charge in [0.1, 0.15) is 5.82 Å². The number of benzene rings is 2. The monoisotopic (exact) mass is 313 g/mol. The average molecular weight is 313 g/mol. The van der Waals surface area contributed by atoms with Crippen molar-refractivity contribution in [1.82, 2.24) is 4.90 Å². The molecule has 0 spiro atoms. The minimum atomic E-state index is -0.191. The Bertz CT molecular complexity index is 731. The van der Waals surface area contributed by atoms with E-state index in [-0.39, 0.29) is 12.1 Å². The predicted octanol–water partition coefficient (Wildman–Crippen LogP) is 3.89. The molecule has 0 saturated heterocycles. The fourth-order valence-corrected chi connectivity index (χ4v) is 3.38. The SMILES string of the molecule is CC1Oc2ccc(CCCN3Cc4ccc(F)cc4C3)cc2O1. The largest absolute Gasteiger partial charge is 0.451 e. The fraction of sp³-hybridized carbons (Fsp3) is 0.368. The Morgan fingerprint density at radius 1 is 1.04 bits per heavy atom. The van der Waals surface area contributed by atoms with Crippen molar-refractivity contribution in [2.75, 3.05) is 6.54 Å². The Balaban J connectivity index is 1.31. The molecule has 4 rings (SSSR count). The Hall–Kier alpha value is -2.07. The first-order valence-electron chi connectivity index (χ1n) is 8.13. The number of rotatable bonds is 4. The van der Waals surface area contributed by atoms with E-state index in [0.29, 0.717) is 0 Å². The summed E-state index contributed by atoms with van der Waals surface area (Å²) in [6.07, 6.45) is 1.89. The van der Waals surface area contributed by atoms with Gasteiger partial charge in [0.25, 0.3) is 0 Å². The number of fused-ring (bicyclic) bond motifs is 2. The van der Waals surface area contributed by atoms with Crippen LogP contribution in [0.25, 0.3) is 0 Å². The van der Waals surface area contributed by atoms with Gasteiger partial charge in [-0.25, -0.2) is 4.39 Å². The van der Waals surface area contributed by atoms with Crippen molar-refractivity contribution in [2.24, 2.45) is 0 Å². The van der Waals surface area contributed by atoms with Gasteiger partial charge in [-0.1, -0.05) is 12.1 Å². The topological polar surface area (TPSA) is 21.7 Å². The lowest BCUT2D eigenvalue weighted by Crippen LogP contribution is -2.18. The molecule has 2 aliphatic heterocycles. The summed E-state index contributed by atoms with van der Waals surface area (Å²) in [7, 11) is 0. The van der Waals surface area contributed by atoms with Crippen molar-refractivity contribution in [3.63, 3.8) is 0 Å². The lowest BCUT2D eigenvalue weighted by Gasteiger charge is -2.14. The van der Waals surface area contributed by atoms with Crippen molar-refractivity contribution in [3.05, 3.63) is 58.9 Å². The van der Waals surface area contributed by atoms with Crippen LogP contribution < -0.4 is 9.47 Å². The molecular formula is C19H20FNO2. The van der Waals surface area contributed by atoms with E-state index in [4.69, 9.17) is 9.47 Å². The molecule has 2 aliphatic rings. The summed E-state index contributed by atoms with van der Waals surface area (Å²) in [5, 5.41) is 0. The first kappa shape index (κ1) is 14.5.